The van der Waals surface area contributed by atoms with Gasteiger partial charge >= 0.3 is 0 Å². The summed E-state index contributed by atoms with van der Waals surface area (Å²) >= 11 is 1.34. The summed E-state index contributed by atoms with van der Waals surface area (Å²) in [4.78, 5) is 24.4. The first kappa shape index (κ1) is 28.2. The van der Waals surface area contributed by atoms with Crippen molar-refractivity contribution < 1.29 is 22.7 Å². The number of carbonyl (C=O) groups is 1. The maximum atomic E-state index is 13.9. The molecule has 0 fully saturated rings. The summed E-state index contributed by atoms with van der Waals surface area (Å²) in [6.07, 6.45) is 3.36. The number of aromatic nitrogens is 2. The van der Waals surface area contributed by atoms with E-state index in [1.165, 1.54) is 47.0 Å². The fourth-order valence-corrected chi connectivity index (χ4v) is 6.42. The number of benzene rings is 3. The predicted octanol–water partition coefficient (Wildman–Crippen LogP) is 5.38. The van der Waals surface area contributed by atoms with Crippen LogP contribution in [-0.4, -0.2) is 49.9 Å². The van der Waals surface area contributed by atoms with Gasteiger partial charge in [-0.3, -0.25) is 14.7 Å². The molecule has 0 saturated carbocycles. The third-order valence-corrected chi connectivity index (χ3v) is 9.34. The molecule has 5 rings (SSSR count). The number of hydrogen-bond acceptors (Lipinski definition) is 8. The molecule has 41 heavy (non-hydrogen) atoms. The Morgan fingerprint density at radius 2 is 1.56 bits per heavy atom. The third-order valence-electron chi connectivity index (χ3n) is 6.48. The average molecular weight is 589 g/mol. The highest BCUT2D eigenvalue weighted by Crippen LogP contribution is 2.38. The molecule has 2 heterocycles. The van der Waals surface area contributed by atoms with Crippen LogP contribution >= 0.6 is 11.3 Å². The highest BCUT2D eigenvalue weighted by atomic mass is 32.2. The fraction of sp³-hybridized carbons (Fsp3) is 0.167. The number of methoxy groups -OCH3 is 2. The van der Waals surface area contributed by atoms with Gasteiger partial charge in [-0.05, 0) is 41.5 Å². The minimum absolute atomic E-state index is 0.102. The van der Waals surface area contributed by atoms with E-state index in [1.54, 1.807) is 43.6 Å². The number of anilines is 1. The molecule has 0 saturated heterocycles. The zero-order valence-electron chi connectivity index (χ0n) is 22.7. The number of hydrogen-bond donors (Lipinski definition) is 0. The predicted molar refractivity (Wildman–Crippen MR) is 159 cm³/mol. The minimum atomic E-state index is -3.77. The maximum absolute atomic E-state index is 13.9. The highest BCUT2D eigenvalue weighted by Gasteiger charge is 2.25. The number of thiazole rings is 1. The lowest BCUT2D eigenvalue weighted by Gasteiger charge is -2.21. The van der Waals surface area contributed by atoms with Gasteiger partial charge in [-0.2, -0.15) is 4.31 Å². The van der Waals surface area contributed by atoms with E-state index in [-0.39, 0.29) is 23.9 Å². The largest absolute Gasteiger partial charge is 0.493 e. The van der Waals surface area contributed by atoms with Crippen LogP contribution in [0.4, 0.5) is 5.13 Å². The number of fused-ring (bicyclic) bond motifs is 1. The second kappa shape index (κ2) is 12.0. The third kappa shape index (κ3) is 6.07. The normalized spacial score (nSPS) is 11.5. The highest BCUT2D eigenvalue weighted by molar-refractivity contribution is 7.89. The van der Waals surface area contributed by atoms with Crippen molar-refractivity contribution in [2.45, 2.75) is 18.0 Å². The van der Waals surface area contributed by atoms with Crippen LogP contribution in [0.1, 0.15) is 21.5 Å². The molecule has 210 valence electrons. The van der Waals surface area contributed by atoms with Crippen LogP contribution in [0.15, 0.2) is 96.2 Å². The molecule has 0 aliphatic carbocycles. The Bertz CT molecular complexity index is 1720. The molecule has 0 aliphatic heterocycles. The molecule has 0 radical (unpaired) electrons. The van der Waals surface area contributed by atoms with Crippen LogP contribution in [0.3, 0.4) is 0 Å². The van der Waals surface area contributed by atoms with E-state index < -0.39 is 10.0 Å². The molecule has 11 heteroatoms. The van der Waals surface area contributed by atoms with Crippen molar-refractivity contribution >= 4 is 42.6 Å². The van der Waals surface area contributed by atoms with Gasteiger partial charge < -0.3 is 9.47 Å². The van der Waals surface area contributed by atoms with E-state index in [4.69, 9.17) is 14.5 Å². The molecule has 0 atom stereocenters. The Kier molecular flexibility index (Phi) is 8.29. The topological polar surface area (TPSA) is 102 Å². The summed E-state index contributed by atoms with van der Waals surface area (Å²) in [5.41, 5.74) is 2.68. The van der Waals surface area contributed by atoms with Gasteiger partial charge in [-0.15, -0.1) is 0 Å². The Labute approximate surface area is 242 Å². The standard InChI is InChI=1S/C30H28N4O5S2/c1-33(19-21-8-5-4-6-9-21)41(36,37)24-13-11-23(12-14-24)29(35)34(20-22-10-7-15-31-18-22)30-32-25-16-26(38-2)27(39-3)17-28(25)40-30/h4-18H,19-20H2,1-3H3. The molecule has 0 bridgehead atoms. The van der Waals surface area contributed by atoms with Crippen LogP contribution in [0.2, 0.25) is 0 Å². The fourth-order valence-electron chi connectivity index (χ4n) is 4.29. The zero-order chi connectivity index (χ0) is 29.0. The van der Waals surface area contributed by atoms with Crippen molar-refractivity contribution in [2.24, 2.45) is 0 Å². The SMILES string of the molecule is COc1cc2nc(N(Cc3cccnc3)C(=O)c3ccc(S(=O)(=O)N(C)Cc4ccccc4)cc3)sc2cc1OC. The Hall–Kier alpha value is -4.32. The van der Waals surface area contributed by atoms with Gasteiger partial charge in [-0.25, -0.2) is 13.4 Å². The second-order valence-corrected chi connectivity index (χ2v) is 12.2. The van der Waals surface area contributed by atoms with E-state index in [9.17, 15) is 13.2 Å². The van der Waals surface area contributed by atoms with Crippen molar-refractivity contribution in [1.29, 1.82) is 0 Å². The van der Waals surface area contributed by atoms with E-state index in [0.29, 0.717) is 27.7 Å². The van der Waals surface area contributed by atoms with Gasteiger partial charge in [0, 0.05) is 43.7 Å². The molecular formula is C30H28N4O5S2. The van der Waals surface area contributed by atoms with Gasteiger partial charge in [0.25, 0.3) is 5.91 Å². The van der Waals surface area contributed by atoms with Crippen LogP contribution in [0.5, 0.6) is 11.5 Å². The van der Waals surface area contributed by atoms with Crippen molar-refractivity contribution in [1.82, 2.24) is 14.3 Å². The first-order chi connectivity index (χ1) is 19.8. The molecule has 0 spiro atoms. The summed E-state index contributed by atoms with van der Waals surface area (Å²) < 4.78 is 39.4. The van der Waals surface area contributed by atoms with Crippen LogP contribution in [0, 0.1) is 0 Å². The van der Waals surface area contributed by atoms with Crippen molar-refractivity contribution in [3.8, 4) is 11.5 Å². The second-order valence-electron chi connectivity index (χ2n) is 9.19. The number of nitrogens with zero attached hydrogens (tertiary/aromatic N) is 4. The van der Waals surface area contributed by atoms with Crippen molar-refractivity contribution in [2.75, 3.05) is 26.2 Å². The molecule has 1 amide bonds. The summed E-state index contributed by atoms with van der Waals surface area (Å²) in [6.45, 7) is 0.455. The molecule has 2 aromatic heterocycles. The van der Waals surface area contributed by atoms with Gasteiger partial charge in [0.15, 0.2) is 16.6 Å². The number of sulfonamides is 1. The number of pyridine rings is 1. The van der Waals surface area contributed by atoms with Gasteiger partial charge in [0.05, 0.1) is 35.9 Å². The first-order valence-corrected chi connectivity index (χ1v) is 14.9. The Balaban J connectivity index is 1.45. The molecule has 0 aliphatic rings. The zero-order valence-corrected chi connectivity index (χ0v) is 24.4. The van der Waals surface area contributed by atoms with Gasteiger partial charge in [0.1, 0.15) is 0 Å². The summed E-state index contributed by atoms with van der Waals surface area (Å²) in [5.74, 6) is 0.777. The maximum Gasteiger partial charge on any atom is 0.260 e. The molecule has 9 nitrogen and oxygen atoms in total. The summed E-state index contributed by atoms with van der Waals surface area (Å²) in [7, 11) is 0.888. The Morgan fingerprint density at radius 3 is 2.22 bits per heavy atom. The Morgan fingerprint density at radius 1 is 0.878 bits per heavy atom. The molecule has 5 aromatic rings. The van der Waals surface area contributed by atoms with E-state index in [1.807, 2.05) is 42.5 Å². The molecule has 3 aromatic carbocycles. The van der Waals surface area contributed by atoms with Crippen molar-refractivity contribution in [3.05, 3.63) is 108 Å². The molecule has 0 unspecified atom stereocenters. The lowest BCUT2D eigenvalue weighted by molar-refractivity contribution is 0.0985. The number of carbonyl (C=O) groups excluding carboxylic acids is 1. The number of amides is 1. The summed E-state index contributed by atoms with van der Waals surface area (Å²) in [5, 5.41) is 0.475. The van der Waals surface area contributed by atoms with E-state index >= 15 is 0 Å². The molecule has 0 N–H and O–H groups in total. The van der Waals surface area contributed by atoms with Crippen molar-refractivity contribution in [3.63, 3.8) is 0 Å². The van der Waals surface area contributed by atoms with Crippen LogP contribution < -0.4 is 14.4 Å². The van der Waals surface area contributed by atoms with Crippen LogP contribution in [0.25, 0.3) is 10.2 Å². The quantitative estimate of drug-likeness (QED) is 0.216. The van der Waals surface area contributed by atoms with E-state index in [2.05, 4.69) is 4.98 Å². The number of rotatable bonds is 10. The smallest absolute Gasteiger partial charge is 0.260 e. The van der Waals surface area contributed by atoms with E-state index in [0.717, 1.165) is 15.8 Å². The lowest BCUT2D eigenvalue weighted by Crippen LogP contribution is -2.30. The van der Waals surface area contributed by atoms with Gasteiger partial charge in [-0.1, -0.05) is 47.7 Å². The van der Waals surface area contributed by atoms with Gasteiger partial charge in [0.2, 0.25) is 10.0 Å². The minimum Gasteiger partial charge on any atom is -0.493 e. The summed E-state index contributed by atoms with van der Waals surface area (Å²) in [6, 6.07) is 22.6. The van der Waals surface area contributed by atoms with Crippen LogP contribution in [-0.2, 0) is 23.1 Å². The number of ether oxygens (including phenoxy) is 2. The lowest BCUT2D eigenvalue weighted by atomic mass is 10.2. The average Bonchev–Trinajstić information content (AvgIpc) is 3.42. The monoisotopic (exact) mass is 588 g/mol. The first-order valence-electron chi connectivity index (χ1n) is 12.6. The molecular weight excluding hydrogens is 560 g/mol.